The van der Waals surface area contributed by atoms with Crippen LogP contribution in [0.4, 0.5) is 0 Å². The third-order valence-corrected chi connectivity index (χ3v) is 9.65. The Morgan fingerprint density at radius 3 is 2.49 bits per heavy atom. The minimum absolute atomic E-state index is 0.0436. The van der Waals surface area contributed by atoms with Crippen LogP contribution < -0.4 is 10.0 Å². The average molecular weight is 574 g/mol. The van der Waals surface area contributed by atoms with Gasteiger partial charge in [-0.25, -0.2) is 21.8 Å². The SMILES string of the molecule is CC(C)C[C@H](NS(=O)(=O)c1cccc2cccnc12)C(=O)NC1CCCN(S(=O)(=O)c2ccccn2)CC1=O. The van der Waals surface area contributed by atoms with Crippen molar-refractivity contribution >= 4 is 42.6 Å². The predicted molar refractivity (Wildman–Crippen MR) is 144 cm³/mol. The van der Waals surface area contributed by atoms with E-state index >= 15 is 0 Å². The first-order valence-corrected chi connectivity index (χ1v) is 15.5. The summed E-state index contributed by atoms with van der Waals surface area (Å²) in [7, 11) is -8.13. The van der Waals surface area contributed by atoms with E-state index in [-0.39, 0.29) is 40.7 Å². The monoisotopic (exact) mass is 573 g/mol. The number of Topliss-reactive ketones (excluding diaryl/α,β-unsaturated/α-hetero) is 1. The van der Waals surface area contributed by atoms with Crippen molar-refractivity contribution in [3.63, 3.8) is 0 Å². The number of aromatic nitrogens is 2. The van der Waals surface area contributed by atoms with Crippen molar-refractivity contribution in [3.05, 3.63) is 60.9 Å². The van der Waals surface area contributed by atoms with Gasteiger partial charge in [0.25, 0.3) is 10.0 Å². The Balaban J connectivity index is 1.51. The van der Waals surface area contributed by atoms with Crippen LogP contribution >= 0.6 is 0 Å². The highest BCUT2D eigenvalue weighted by atomic mass is 32.2. The van der Waals surface area contributed by atoms with Crippen LogP contribution in [0.5, 0.6) is 0 Å². The molecule has 39 heavy (non-hydrogen) atoms. The van der Waals surface area contributed by atoms with Crippen molar-refractivity contribution in [2.24, 2.45) is 5.92 Å². The van der Waals surface area contributed by atoms with E-state index in [9.17, 15) is 26.4 Å². The van der Waals surface area contributed by atoms with E-state index in [1.54, 1.807) is 36.4 Å². The highest BCUT2D eigenvalue weighted by Gasteiger charge is 2.35. The molecular formula is C26H31N5O6S2. The molecule has 0 bridgehead atoms. The van der Waals surface area contributed by atoms with Gasteiger partial charge in [0, 0.05) is 24.3 Å². The largest absolute Gasteiger partial charge is 0.345 e. The van der Waals surface area contributed by atoms with Gasteiger partial charge >= 0.3 is 0 Å². The molecule has 11 nitrogen and oxygen atoms in total. The van der Waals surface area contributed by atoms with Crippen molar-refractivity contribution in [2.75, 3.05) is 13.1 Å². The summed E-state index contributed by atoms with van der Waals surface area (Å²) >= 11 is 0. The van der Waals surface area contributed by atoms with E-state index in [4.69, 9.17) is 0 Å². The van der Waals surface area contributed by atoms with Gasteiger partial charge in [0.1, 0.15) is 10.9 Å². The summed E-state index contributed by atoms with van der Waals surface area (Å²) in [5.74, 6) is -1.18. The number of hydrogen-bond donors (Lipinski definition) is 2. The average Bonchev–Trinajstić information content (AvgIpc) is 3.09. The van der Waals surface area contributed by atoms with Gasteiger partial charge in [-0.3, -0.25) is 14.6 Å². The topological polar surface area (TPSA) is 156 Å². The summed E-state index contributed by atoms with van der Waals surface area (Å²) in [4.78, 5) is 34.4. The molecule has 0 radical (unpaired) electrons. The van der Waals surface area contributed by atoms with E-state index in [2.05, 4.69) is 20.0 Å². The van der Waals surface area contributed by atoms with Gasteiger partial charge in [0.15, 0.2) is 10.8 Å². The number of benzene rings is 1. The summed E-state index contributed by atoms with van der Waals surface area (Å²) in [6.45, 7) is 3.37. The fourth-order valence-electron chi connectivity index (χ4n) is 4.48. The number of pyridine rings is 2. The molecule has 208 valence electrons. The molecule has 3 aromatic rings. The molecule has 1 unspecified atom stereocenters. The van der Waals surface area contributed by atoms with Gasteiger partial charge in [0.05, 0.1) is 18.1 Å². The van der Waals surface area contributed by atoms with E-state index in [0.29, 0.717) is 11.8 Å². The molecule has 1 aliphatic rings. The van der Waals surface area contributed by atoms with Gasteiger partial charge in [-0.05, 0) is 49.4 Å². The lowest BCUT2D eigenvalue weighted by atomic mass is 10.0. The van der Waals surface area contributed by atoms with Crippen LogP contribution in [-0.4, -0.2) is 68.0 Å². The molecule has 13 heteroatoms. The van der Waals surface area contributed by atoms with Crippen LogP contribution in [0.3, 0.4) is 0 Å². The number of amides is 1. The fraction of sp³-hybridized carbons (Fsp3) is 0.385. The minimum Gasteiger partial charge on any atom is -0.345 e. The molecular weight excluding hydrogens is 542 g/mol. The maximum absolute atomic E-state index is 13.4. The summed E-state index contributed by atoms with van der Waals surface area (Å²) in [6.07, 6.45) is 3.58. The van der Waals surface area contributed by atoms with Crippen molar-refractivity contribution in [2.45, 2.75) is 55.1 Å². The summed E-state index contributed by atoms with van der Waals surface area (Å²) in [5, 5.41) is 3.15. The zero-order chi connectivity index (χ0) is 28.2. The lowest BCUT2D eigenvalue weighted by Crippen LogP contribution is -2.52. The van der Waals surface area contributed by atoms with Crippen molar-refractivity contribution in [3.8, 4) is 0 Å². The van der Waals surface area contributed by atoms with Crippen molar-refractivity contribution < 1.29 is 26.4 Å². The number of hydrogen-bond acceptors (Lipinski definition) is 8. The smallest absolute Gasteiger partial charge is 0.260 e. The molecule has 3 heterocycles. The fourth-order valence-corrected chi connectivity index (χ4v) is 7.25. The van der Waals surface area contributed by atoms with Gasteiger partial charge in [-0.15, -0.1) is 0 Å². The normalized spacial score (nSPS) is 18.1. The third kappa shape index (κ3) is 6.67. The molecule has 2 atom stereocenters. The number of carbonyl (C=O) groups is 2. The highest BCUT2D eigenvalue weighted by Crippen LogP contribution is 2.22. The molecule has 2 N–H and O–H groups in total. The molecule has 1 fully saturated rings. The van der Waals surface area contributed by atoms with Crippen LogP contribution in [0.2, 0.25) is 0 Å². The number of para-hydroxylation sites is 1. The number of sulfonamides is 2. The van der Waals surface area contributed by atoms with Gasteiger partial charge in [-0.1, -0.05) is 38.1 Å². The molecule has 0 saturated carbocycles. The van der Waals surface area contributed by atoms with Crippen LogP contribution in [0, 0.1) is 5.92 Å². The third-order valence-electron chi connectivity index (χ3n) is 6.39. The standard InChI is InChI=1S/C26H31N5O6S2/c1-18(2)16-21(30-38(34,35)23-11-5-8-19-9-6-14-28-25(19)23)26(33)29-20-10-7-15-31(17-22(20)32)39(36,37)24-12-3-4-13-27-24/h3-6,8-9,11-14,18,20-21,30H,7,10,15-17H2,1-2H3,(H,29,33)/t20?,21-/m0/s1. The summed E-state index contributed by atoms with van der Waals surface area (Å²) < 4.78 is 56.2. The van der Waals surface area contributed by atoms with Crippen molar-refractivity contribution in [1.82, 2.24) is 24.3 Å². The maximum atomic E-state index is 13.4. The predicted octanol–water partition coefficient (Wildman–Crippen LogP) is 1.86. The van der Waals surface area contributed by atoms with Crippen LogP contribution in [0.15, 0.2) is 70.8 Å². The highest BCUT2D eigenvalue weighted by molar-refractivity contribution is 7.89. The Morgan fingerprint density at radius 1 is 1.03 bits per heavy atom. The lowest BCUT2D eigenvalue weighted by molar-refractivity contribution is -0.128. The molecule has 4 rings (SSSR count). The Hall–Kier alpha value is -3.26. The molecule has 1 amide bonds. The number of ketones is 1. The molecule has 1 aromatic carbocycles. The quantitative estimate of drug-likeness (QED) is 0.393. The second kappa shape index (κ2) is 11.9. The second-order valence-electron chi connectivity index (χ2n) is 9.81. The van der Waals surface area contributed by atoms with Gasteiger partial charge in [0.2, 0.25) is 15.9 Å². The first kappa shape index (κ1) is 28.7. The minimum atomic E-state index is -4.15. The molecule has 1 aliphatic heterocycles. The van der Waals surface area contributed by atoms with E-state index in [1.807, 2.05) is 13.8 Å². The number of carbonyl (C=O) groups excluding carboxylic acids is 2. The molecule has 0 spiro atoms. The first-order chi connectivity index (χ1) is 18.5. The van der Waals surface area contributed by atoms with E-state index < -0.39 is 50.4 Å². The Bertz CT molecular complexity index is 1560. The van der Waals surface area contributed by atoms with Gasteiger partial charge < -0.3 is 5.32 Å². The van der Waals surface area contributed by atoms with Crippen LogP contribution in [0.25, 0.3) is 10.9 Å². The van der Waals surface area contributed by atoms with Crippen LogP contribution in [0.1, 0.15) is 33.1 Å². The number of nitrogens with one attached hydrogen (secondary N) is 2. The Morgan fingerprint density at radius 2 is 1.77 bits per heavy atom. The van der Waals surface area contributed by atoms with Crippen molar-refractivity contribution in [1.29, 1.82) is 0 Å². The summed E-state index contributed by atoms with van der Waals surface area (Å²) in [6, 6.07) is 10.6. The zero-order valence-corrected chi connectivity index (χ0v) is 23.3. The molecule has 2 aromatic heterocycles. The number of fused-ring (bicyclic) bond motifs is 1. The second-order valence-corrected chi connectivity index (χ2v) is 13.4. The lowest BCUT2D eigenvalue weighted by Gasteiger charge is -2.23. The van der Waals surface area contributed by atoms with Gasteiger partial charge in [-0.2, -0.15) is 9.03 Å². The first-order valence-electron chi connectivity index (χ1n) is 12.6. The summed E-state index contributed by atoms with van der Waals surface area (Å²) in [5.41, 5.74) is 0.282. The number of rotatable bonds is 9. The Labute approximate surface area is 228 Å². The zero-order valence-electron chi connectivity index (χ0n) is 21.6. The van der Waals surface area contributed by atoms with E-state index in [1.165, 1.54) is 24.5 Å². The molecule has 0 aliphatic carbocycles. The van der Waals surface area contributed by atoms with E-state index in [0.717, 1.165) is 4.31 Å². The van der Waals surface area contributed by atoms with Crippen LogP contribution in [-0.2, 0) is 29.6 Å². The molecule has 1 saturated heterocycles. The Kier molecular flexibility index (Phi) is 8.74. The maximum Gasteiger partial charge on any atom is 0.260 e. The number of nitrogens with zero attached hydrogens (tertiary/aromatic N) is 3.